The molecule has 1 aromatic carbocycles. The lowest BCUT2D eigenvalue weighted by Crippen LogP contribution is -2.32. The summed E-state index contributed by atoms with van der Waals surface area (Å²) in [5.74, 6) is 0. The van der Waals surface area contributed by atoms with Crippen molar-refractivity contribution in [1.82, 2.24) is 0 Å². The summed E-state index contributed by atoms with van der Waals surface area (Å²) in [6.07, 6.45) is 2.47. The molecule has 0 amide bonds. The van der Waals surface area contributed by atoms with Crippen LogP contribution < -0.4 is 10.6 Å². The molecule has 76 valence electrons. The third-order valence-electron chi connectivity index (χ3n) is 2.52. The van der Waals surface area contributed by atoms with E-state index in [1.165, 1.54) is 27.8 Å². The Balaban J connectivity index is 2.15. The summed E-state index contributed by atoms with van der Waals surface area (Å²) < 4.78 is 1.28. The molecule has 3 heteroatoms. The highest BCUT2D eigenvalue weighted by atomic mass is 127. The Labute approximate surface area is 98.6 Å². The van der Waals surface area contributed by atoms with Gasteiger partial charge >= 0.3 is 0 Å². The summed E-state index contributed by atoms with van der Waals surface area (Å²) >= 11 is 2.34. The molecule has 14 heavy (non-hydrogen) atoms. The number of rotatable bonds is 2. The van der Waals surface area contributed by atoms with Gasteiger partial charge in [0.2, 0.25) is 0 Å². The molecule has 1 atom stereocenters. The summed E-state index contributed by atoms with van der Waals surface area (Å²) in [7, 11) is 0. The van der Waals surface area contributed by atoms with Crippen LogP contribution in [0.3, 0.4) is 0 Å². The standard InChI is InChI=1S/C11H15IN2/c1-2-3-9-7-13-11-6-8(12)4-5-10(11)14-9/h4-6,9,13-14H,2-3,7H2,1H3. The topological polar surface area (TPSA) is 24.1 Å². The predicted molar refractivity (Wildman–Crippen MR) is 70.0 cm³/mol. The molecule has 0 saturated carbocycles. The molecule has 1 unspecified atom stereocenters. The maximum absolute atomic E-state index is 3.56. The minimum atomic E-state index is 0.590. The van der Waals surface area contributed by atoms with Gasteiger partial charge in [-0.05, 0) is 47.2 Å². The van der Waals surface area contributed by atoms with E-state index in [0.29, 0.717) is 6.04 Å². The van der Waals surface area contributed by atoms with Crippen molar-refractivity contribution in [1.29, 1.82) is 0 Å². The highest BCUT2D eigenvalue weighted by Crippen LogP contribution is 2.28. The molecule has 0 fully saturated rings. The quantitative estimate of drug-likeness (QED) is 0.819. The Morgan fingerprint density at radius 1 is 1.43 bits per heavy atom. The van der Waals surface area contributed by atoms with Crippen molar-refractivity contribution in [2.24, 2.45) is 0 Å². The highest BCUT2D eigenvalue weighted by molar-refractivity contribution is 14.1. The van der Waals surface area contributed by atoms with Gasteiger partial charge in [-0.15, -0.1) is 0 Å². The van der Waals surface area contributed by atoms with Crippen LogP contribution in [-0.4, -0.2) is 12.6 Å². The third kappa shape index (κ3) is 2.13. The number of halogens is 1. The van der Waals surface area contributed by atoms with Gasteiger partial charge in [0.25, 0.3) is 0 Å². The zero-order valence-corrected chi connectivity index (χ0v) is 10.5. The number of hydrogen-bond donors (Lipinski definition) is 2. The molecule has 0 aliphatic carbocycles. The molecule has 0 spiro atoms. The molecule has 0 saturated heterocycles. The second kappa shape index (κ2) is 4.38. The second-order valence-electron chi connectivity index (χ2n) is 3.70. The van der Waals surface area contributed by atoms with E-state index in [1.807, 2.05) is 0 Å². The summed E-state index contributed by atoms with van der Waals surface area (Å²) in [5, 5.41) is 7.03. The van der Waals surface area contributed by atoms with Crippen LogP contribution in [0.5, 0.6) is 0 Å². The summed E-state index contributed by atoms with van der Waals surface area (Å²) in [6, 6.07) is 7.08. The minimum absolute atomic E-state index is 0.590. The molecule has 0 aromatic heterocycles. The first-order valence-corrected chi connectivity index (χ1v) is 6.17. The molecule has 2 N–H and O–H groups in total. The largest absolute Gasteiger partial charge is 0.381 e. The van der Waals surface area contributed by atoms with Crippen molar-refractivity contribution < 1.29 is 0 Å². The van der Waals surface area contributed by atoms with Crippen LogP contribution in [0.1, 0.15) is 19.8 Å². The zero-order valence-electron chi connectivity index (χ0n) is 8.31. The van der Waals surface area contributed by atoms with Gasteiger partial charge in [-0.1, -0.05) is 13.3 Å². The fourth-order valence-electron chi connectivity index (χ4n) is 1.82. The van der Waals surface area contributed by atoms with E-state index >= 15 is 0 Å². The normalized spacial score (nSPS) is 19.4. The van der Waals surface area contributed by atoms with E-state index in [9.17, 15) is 0 Å². The van der Waals surface area contributed by atoms with Crippen molar-refractivity contribution in [3.05, 3.63) is 21.8 Å². The average molecular weight is 302 g/mol. The summed E-state index contributed by atoms with van der Waals surface area (Å²) in [4.78, 5) is 0. The number of anilines is 2. The number of hydrogen-bond acceptors (Lipinski definition) is 2. The first-order chi connectivity index (χ1) is 6.79. The van der Waals surface area contributed by atoms with Gasteiger partial charge in [-0.3, -0.25) is 0 Å². The number of benzene rings is 1. The van der Waals surface area contributed by atoms with E-state index < -0.39 is 0 Å². The molecule has 0 bridgehead atoms. The molecule has 2 rings (SSSR count). The monoisotopic (exact) mass is 302 g/mol. The van der Waals surface area contributed by atoms with Crippen LogP contribution in [0.4, 0.5) is 11.4 Å². The molecular weight excluding hydrogens is 287 g/mol. The fourth-order valence-corrected chi connectivity index (χ4v) is 2.31. The summed E-state index contributed by atoms with van der Waals surface area (Å²) in [5.41, 5.74) is 2.49. The first-order valence-electron chi connectivity index (χ1n) is 5.09. The smallest absolute Gasteiger partial charge is 0.0587 e. The lowest BCUT2D eigenvalue weighted by molar-refractivity contribution is 0.655. The molecule has 1 aliphatic rings. The van der Waals surface area contributed by atoms with Gasteiger partial charge in [-0.2, -0.15) is 0 Å². The van der Waals surface area contributed by atoms with Crippen molar-refractivity contribution >= 4 is 34.0 Å². The SMILES string of the molecule is CCCC1CNc2cc(I)ccc2N1. The van der Waals surface area contributed by atoms with Crippen LogP contribution in [-0.2, 0) is 0 Å². The Hall–Kier alpha value is -0.450. The maximum Gasteiger partial charge on any atom is 0.0587 e. The van der Waals surface area contributed by atoms with Crippen molar-refractivity contribution in [3.8, 4) is 0 Å². The Morgan fingerprint density at radius 3 is 3.07 bits per heavy atom. The van der Waals surface area contributed by atoms with E-state index in [-0.39, 0.29) is 0 Å². The third-order valence-corrected chi connectivity index (χ3v) is 3.19. The fraction of sp³-hybridized carbons (Fsp3) is 0.455. The van der Waals surface area contributed by atoms with Crippen LogP contribution in [0.15, 0.2) is 18.2 Å². The molecule has 2 nitrogen and oxygen atoms in total. The van der Waals surface area contributed by atoms with Crippen molar-refractivity contribution in [3.63, 3.8) is 0 Å². The number of fused-ring (bicyclic) bond motifs is 1. The Morgan fingerprint density at radius 2 is 2.29 bits per heavy atom. The van der Waals surface area contributed by atoms with Crippen LogP contribution in [0.2, 0.25) is 0 Å². The van der Waals surface area contributed by atoms with Gasteiger partial charge in [0.05, 0.1) is 11.4 Å². The van der Waals surface area contributed by atoms with Gasteiger partial charge in [-0.25, -0.2) is 0 Å². The van der Waals surface area contributed by atoms with Crippen LogP contribution >= 0.6 is 22.6 Å². The van der Waals surface area contributed by atoms with Crippen molar-refractivity contribution in [2.75, 3.05) is 17.2 Å². The van der Waals surface area contributed by atoms with Crippen LogP contribution in [0.25, 0.3) is 0 Å². The van der Waals surface area contributed by atoms with Gasteiger partial charge in [0.15, 0.2) is 0 Å². The van der Waals surface area contributed by atoms with Crippen molar-refractivity contribution in [2.45, 2.75) is 25.8 Å². The lowest BCUT2D eigenvalue weighted by atomic mass is 10.1. The van der Waals surface area contributed by atoms with E-state index in [4.69, 9.17) is 0 Å². The Bertz CT molecular complexity index is 325. The van der Waals surface area contributed by atoms with Gasteiger partial charge in [0, 0.05) is 16.2 Å². The van der Waals surface area contributed by atoms with Crippen LogP contribution in [0, 0.1) is 3.57 Å². The average Bonchev–Trinajstić information content (AvgIpc) is 2.19. The predicted octanol–water partition coefficient (Wildman–Crippen LogP) is 3.30. The van der Waals surface area contributed by atoms with Gasteiger partial charge in [0.1, 0.15) is 0 Å². The Kier molecular flexibility index (Phi) is 3.15. The van der Waals surface area contributed by atoms with E-state index in [1.54, 1.807) is 0 Å². The van der Waals surface area contributed by atoms with E-state index in [2.05, 4.69) is 58.3 Å². The maximum atomic E-state index is 3.56. The van der Waals surface area contributed by atoms with E-state index in [0.717, 1.165) is 6.54 Å². The zero-order chi connectivity index (χ0) is 9.97. The van der Waals surface area contributed by atoms with Gasteiger partial charge < -0.3 is 10.6 Å². The second-order valence-corrected chi connectivity index (χ2v) is 4.95. The molecule has 1 aromatic rings. The minimum Gasteiger partial charge on any atom is -0.381 e. The molecule has 0 radical (unpaired) electrons. The summed E-state index contributed by atoms with van der Waals surface area (Å²) in [6.45, 7) is 3.27. The lowest BCUT2D eigenvalue weighted by Gasteiger charge is -2.28. The molecule has 1 aliphatic heterocycles. The highest BCUT2D eigenvalue weighted by Gasteiger charge is 2.15. The molecular formula is C11H15IN2. The first kappa shape index (κ1) is 10.1. The number of nitrogens with one attached hydrogen (secondary N) is 2. The molecule has 1 heterocycles.